The minimum atomic E-state index is -1.18. The average Bonchev–Trinajstić information content (AvgIpc) is 3.87. The molecule has 0 aliphatic heterocycles. The van der Waals surface area contributed by atoms with Gasteiger partial charge in [-0.2, -0.15) is 0 Å². The van der Waals surface area contributed by atoms with Gasteiger partial charge in [0.15, 0.2) is 34.6 Å². The van der Waals surface area contributed by atoms with Crippen LogP contribution in [-0.2, 0) is 0 Å². The van der Waals surface area contributed by atoms with E-state index in [1.54, 1.807) is 48.7 Å². The zero-order valence-electron chi connectivity index (χ0n) is 23.4. The number of hydrogen-bond donors (Lipinski definition) is 2. The van der Waals surface area contributed by atoms with Gasteiger partial charge in [0.1, 0.15) is 11.5 Å². The second-order valence-corrected chi connectivity index (χ2v) is 10.00. The van der Waals surface area contributed by atoms with Gasteiger partial charge in [-0.25, -0.2) is 14.6 Å². The number of carboxylic acid groups (broad SMARTS) is 2. The molecule has 0 saturated heterocycles. The van der Waals surface area contributed by atoms with Gasteiger partial charge in [-0.05, 0) is 91.9 Å². The molecule has 11 nitrogen and oxygen atoms in total. The largest absolute Gasteiger partial charge is 0.478 e. The first-order chi connectivity index (χ1) is 21.8. The highest BCUT2D eigenvalue weighted by Gasteiger charge is 2.18. The molecule has 0 atom stereocenters. The summed E-state index contributed by atoms with van der Waals surface area (Å²) in [6, 6.07) is 23.3. The second kappa shape index (κ2) is 11.0. The maximum atomic E-state index is 11.9. The molecule has 0 fully saturated rings. The summed E-state index contributed by atoms with van der Waals surface area (Å²) >= 11 is 0. The van der Waals surface area contributed by atoms with Crippen LogP contribution in [0.1, 0.15) is 26.5 Å². The topological polar surface area (TPSA) is 166 Å². The van der Waals surface area contributed by atoms with E-state index in [4.69, 9.17) is 17.7 Å². The lowest BCUT2D eigenvalue weighted by Crippen LogP contribution is -2.02. The molecule has 7 rings (SSSR count). The molecule has 2 N–H and O–H groups in total. The quantitative estimate of drug-likeness (QED) is 0.174. The number of nitrogens with zero attached hydrogens (tertiary/aromatic N) is 3. The third kappa shape index (κ3) is 5.41. The SMILES string of the molecule is Cc1ccc(-c2ccc(-c3ccc(-c4ccc(-c5ccnc(-c6cc(C(=O)O)cc(-c7cc(C(=O)O)ccn7)n6)c5)o4)o3)o2)o1. The number of carboxylic acids is 2. The van der Waals surface area contributed by atoms with Gasteiger partial charge < -0.3 is 27.9 Å². The number of rotatable bonds is 8. The highest BCUT2D eigenvalue weighted by Crippen LogP contribution is 2.35. The zero-order chi connectivity index (χ0) is 31.1. The highest BCUT2D eigenvalue weighted by atomic mass is 16.4. The van der Waals surface area contributed by atoms with Crippen molar-refractivity contribution in [3.05, 3.63) is 114 Å². The smallest absolute Gasteiger partial charge is 0.335 e. The summed E-state index contributed by atoms with van der Waals surface area (Å²) in [7, 11) is 0. The summed E-state index contributed by atoms with van der Waals surface area (Å²) in [6.45, 7) is 1.86. The van der Waals surface area contributed by atoms with Crippen molar-refractivity contribution in [3.8, 4) is 68.7 Å². The van der Waals surface area contributed by atoms with Crippen molar-refractivity contribution < 1.29 is 37.5 Å². The molecule has 7 aromatic heterocycles. The third-order valence-corrected chi connectivity index (χ3v) is 6.94. The van der Waals surface area contributed by atoms with E-state index in [0.29, 0.717) is 51.6 Å². The summed E-state index contributed by atoms with van der Waals surface area (Å²) in [5, 5.41) is 19.1. The molecular formula is C34H21N3O8. The van der Waals surface area contributed by atoms with Gasteiger partial charge in [0.25, 0.3) is 0 Å². The Bertz CT molecular complexity index is 2220. The Morgan fingerprint density at radius 1 is 0.511 bits per heavy atom. The predicted octanol–water partition coefficient (Wildman–Crippen LogP) is 7.95. The molecule has 0 aliphatic rings. The molecule has 7 aromatic rings. The van der Waals surface area contributed by atoms with Gasteiger partial charge in [-0.15, -0.1) is 0 Å². The third-order valence-electron chi connectivity index (χ3n) is 6.94. The minimum Gasteiger partial charge on any atom is -0.478 e. The fourth-order valence-electron chi connectivity index (χ4n) is 4.74. The van der Waals surface area contributed by atoms with Crippen LogP contribution in [0, 0.1) is 6.92 Å². The Morgan fingerprint density at radius 3 is 1.49 bits per heavy atom. The summed E-state index contributed by atoms with van der Waals surface area (Å²) in [5.74, 6) is 2.24. The van der Waals surface area contributed by atoms with E-state index in [-0.39, 0.29) is 28.2 Å². The molecule has 0 aliphatic carbocycles. The first kappa shape index (κ1) is 27.3. The van der Waals surface area contributed by atoms with Crippen LogP contribution >= 0.6 is 0 Å². The first-order valence-electron chi connectivity index (χ1n) is 13.6. The summed E-state index contributed by atoms with van der Waals surface area (Å²) in [6.07, 6.45) is 2.89. The van der Waals surface area contributed by atoms with E-state index in [1.807, 2.05) is 25.1 Å². The van der Waals surface area contributed by atoms with Gasteiger partial charge in [0.2, 0.25) is 0 Å². The number of furan rings is 4. The van der Waals surface area contributed by atoms with Crippen LogP contribution < -0.4 is 0 Å². The Balaban J connectivity index is 1.17. The number of aryl methyl sites for hydroxylation is 1. The fourth-order valence-corrected chi connectivity index (χ4v) is 4.74. The first-order valence-corrected chi connectivity index (χ1v) is 13.6. The van der Waals surface area contributed by atoms with Gasteiger partial charge in [0.05, 0.1) is 33.9 Å². The van der Waals surface area contributed by atoms with Gasteiger partial charge in [-0.1, -0.05) is 0 Å². The second-order valence-electron chi connectivity index (χ2n) is 10.00. The Morgan fingerprint density at radius 2 is 0.956 bits per heavy atom. The summed E-state index contributed by atoms with van der Waals surface area (Å²) in [5.41, 5.74) is 1.66. The molecule has 7 heterocycles. The van der Waals surface area contributed by atoms with Crippen LogP contribution in [0.4, 0.5) is 0 Å². The lowest BCUT2D eigenvalue weighted by atomic mass is 10.1. The fraction of sp³-hybridized carbons (Fsp3) is 0.0294. The van der Waals surface area contributed by atoms with Crippen LogP contribution in [0.5, 0.6) is 0 Å². The van der Waals surface area contributed by atoms with Crippen molar-refractivity contribution in [1.82, 2.24) is 15.0 Å². The lowest BCUT2D eigenvalue weighted by Gasteiger charge is -2.08. The molecule has 11 heteroatoms. The van der Waals surface area contributed by atoms with Crippen LogP contribution in [-0.4, -0.2) is 37.1 Å². The van der Waals surface area contributed by atoms with E-state index in [2.05, 4.69) is 15.0 Å². The number of pyridine rings is 3. The van der Waals surface area contributed by atoms with Crippen molar-refractivity contribution in [2.45, 2.75) is 6.92 Å². The van der Waals surface area contributed by atoms with E-state index >= 15 is 0 Å². The lowest BCUT2D eigenvalue weighted by molar-refractivity contribution is 0.0686. The molecule has 0 spiro atoms. The van der Waals surface area contributed by atoms with Crippen LogP contribution in [0.3, 0.4) is 0 Å². The minimum absolute atomic E-state index is 0.000590. The normalized spacial score (nSPS) is 11.1. The Hall–Kier alpha value is -6.49. The van der Waals surface area contributed by atoms with Crippen molar-refractivity contribution in [2.75, 3.05) is 0 Å². The van der Waals surface area contributed by atoms with Crippen molar-refractivity contribution in [1.29, 1.82) is 0 Å². The molecule has 0 saturated carbocycles. The monoisotopic (exact) mass is 599 g/mol. The van der Waals surface area contributed by atoms with Crippen LogP contribution in [0.25, 0.3) is 68.7 Å². The van der Waals surface area contributed by atoms with Gasteiger partial charge >= 0.3 is 11.9 Å². The van der Waals surface area contributed by atoms with Gasteiger partial charge in [-0.3, -0.25) is 9.97 Å². The van der Waals surface area contributed by atoms with E-state index in [1.165, 1.54) is 30.5 Å². The van der Waals surface area contributed by atoms with Crippen molar-refractivity contribution >= 4 is 11.9 Å². The number of hydrogen-bond acceptors (Lipinski definition) is 9. The molecule has 220 valence electrons. The summed E-state index contributed by atoms with van der Waals surface area (Å²) < 4.78 is 23.7. The predicted molar refractivity (Wildman–Crippen MR) is 160 cm³/mol. The van der Waals surface area contributed by atoms with E-state index < -0.39 is 11.9 Å². The van der Waals surface area contributed by atoms with E-state index in [9.17, 15) is 19.8 Å². The van der Waals surface area contributed by atoms with Crippen LogP contribution in [0.2, 0.25) is 0 Å². The van der Waals surface area contributed by atoms with Crippen LogP contribution in [0.15, 0.2) is 115 Å². The molecule has 0 amide bonds. The Labute approximate surface area is 254 Å². The Kier molecular flexibility index (Phi) is 6.67. The van der Waals surface area contributed by atoms with E-state index in [0.717, 1.165) is 5.76 Å². The van der Waals surface area contributed by atoms with Crippen molar-refractivity contribution in [3.63, 3.8) is 0 Å². The molecule has 0 unspecified atom stereocenters. The highest BCUT2D eigenvalue weighted by molar-refractivity contribution is 5.91. The molecule has 0 radical (unpaired) electrons. The molecule has 0 aromatic carbocycles. The molecule has 0 bridgehead atoms. The number of aromatic carboxylic acids is 2. The number of carbonyl (C=O) groups is 2. The number of aromatic nitrogens is 3. The average molecular weight is 600 g/mol. The van der Waals surface area contributed by atoms with Gasteiger partial charge in [0, 0.05) is 18.0 Å². The molecule has 45 heavy (non-hydrogen) atoms. The molecular weight excluding hydrogens is 578 g/mol. The van der Waals surface area contributed by atoms with Crippen molar-refractivity contribution in [2.24, 2.45) is 0 Å². The maximum absolute atomic E-state index is 11.9. The standard InChI is InChI=1S/C34H21N3O8/c1-18-2-3-27(42-18)28-6-7-31(44-28)32-9-8-30(45-32)29-5-4-26(43-29)19-10-12-35-22(14-19)24-16-21(34(40)41)17-25(37-24)23-15-20(33(38)39)11-13-36-23/h2-17H,1H3,(H,38,39)(H,40,41). The zero-order valence-corrected chi connectivity index (χ0v) is 23.4. The summed E-state index contributed by atoms with van der Waals surface area (Å²) in [4.78, 5) is 36.5. The maximum Gasteiger partial charge on any atom is 0.335 e.